The highest BCUT2D eigenvalue weighted by molar-refractivity contribution is 6.04. The molecule has 42 heavy (non-hydrogen) atoms. The first-order chi connectivity index (χ1) is 19.9. The van der Waals surface area contributed by atoms with Crippen molar-refractivity contribution in [1.29, 1.82) is 0 Å². The number of benzene rings is 1. The van der Waals surface area contributed by atoms with Crippen LogP contribution in [-0.4, -0.2) is 53.4 Å². The number of rotatable bonds is 8. The van der Waals surface area contributed by atoms with Gasteiger partial charge in [0.2, 0.25) is 0 Å². The van der Waals surface area contributed by atoms with Crippen molar-refractivity contribution in [2.75, 3.05) is 12.4 Å². The summed E-state index contributed by atoms with van der Waals surface area (Å²) in [4.78, 5) is 26.1. The molecule has 0 radical (unpaired) electrons. The number of anilines is 1. The number of carbonyl (C=O) groups is 1. The molecule has 14 heteroatoms. The Morgan fingerprint density at radius 2 is 1.83 bits per heavy atom. The molecule has 0 aliphatic carbocycles. The minimum absolute atomic E-state index is 0.0189. The lowest BCUT2D eigenvalue weighted by atomic mass is 10.1. The van der Waals surface area contributed by atoms with Crippen molar-refractivity contribution in [2.45, 2.75) is 46.5 Å². The molecule has 0 saturated heterocycles. The number of nitrogens with one attached hydrogen (secondary N) is 2. The van der Waals surface area contributed by atoms with Crippen LogP contribution in [0.3, 0.4) is 0 Å². The predicted molar refractivity (Wildman–Crippen MR) is 149 cm³/mol. The second-order valence-electron chi connectivity index (χ2n) is 9.98. The Kier molecular flexibility index (Phi) is 7.65. The second-order valence-corrected chi connectivity index (χ2v) is 9.98. The summed E-state index contributed by atoms with van der Waals surface area (Å²) in [5, 5.41) is 14.1. The first-order valence-electron chi connectivity index (χ1n) is 13.0. The summed E-state index contributed by atoms with van der Waals surface area (Å²) >= 11 is 0. The highest BCUT2D eigenvalue weighted by Crippen LogP contribution is 2.40. The van der Waals surface area contributed by atoms with E-state index in [1.54, 1.807) is 31.6 Å². The zero-order chi connectivity index (χ0) is 30.2. The quantitative estimate of drug-likeness (QED) is 0.270. The van der Waals surface area contributed by atoms with Crippen LogP contribution in [0.5, 0.6) is 5.75 Å². The average Bonchev–Trinajstić information content (AvgIpc) is 3.58. The summed E-state index contributed by atoms with van der Waals surface area (Å²) in [6.07, 6.45) is 3.48. The van der Waals surface area contributed by atoms with E-state index in [4.69, 9.17) is 4.74 Å². The van der Waals surface area contributed by atoms with Gasteiger partial charge in [0, 0.05) is 36.2 Å². The maximum atomic E-state index is 13.9. The summed E-state index contributed by atoms with van der Waals surface area (Å²) in [5.41, 5.74) is 3.07. The highest BCUT2D eigenvalue weighted by atomic mass is 19.4. The van der Waals surface area contributed by atoms with Crippen LogP contribution >= 0.6 is 0 Å². The molecule has 0 aliphatic rings. The number of hydrogen-bond donors (Lipinski definition) is 2. The van der Waals surface area contributed by atoms with Gasteiger partial charge in [0.1, 0.15) is 11.4 Å². The fraction of sp³-hybridized carbons (Fsp3) is 0.286. The van der Waals surface area contributed by atoms with Crippen molar-refractivity contribution in [3.63, 3.8) is 0 Å². The maximum Gasteiger partial charge on any atom is 0.420 e. The van der Waals surface area contributed by atoms with Crippen LogP contribution in [0.1, 0.15) is 46.7 Å². The van der Waals surface area contributed by atoms with Crippen LogP contribution in [-0.2, 0) is 12.7 Å². The molecule has 0 unspecified atom stereocenters. The van der Waals surface area contributed by atoms with Crippen LogP contribution in [0.25, 0.3) is 22.7 Å². The number of hydrogen-bond acceptors (Lipinski definition) is 8. The number of nitrogens with zero attached hydrogens (tertiary/aromatic N) is 7. The number of imidazole rings is 1. The Labute approximate surface area is 238 Å². The zero-order valence-corrected chi connectivity index (χ0v) is 23.5. The lowest BCUT2D eigenvalue weighted by molar-refractivity contribution is -0.138. The molecule has 2 N–H and O–H groups in total. The Bertz CT molecular complexity index is 1780. The summed E-state index contributed by atoms with van der Waals surface area (Å²) in [5.74, 6) is -0.942. The van der Waals surface area contributed by atoms with Gasteiger partial charge >= 0.3 is 6.18 Å². The Morgan fingerprint density at radius 3 is 2.55 bits per heavy atom. The SMILES string of the molecule is COc1c(CNC(C)C)cc(NC(=O)c2cnc(C)c(-n3cc(-c4cnc5cnc(C)cn45)nn3)c2)cc1C(F)(F)F. The van der Waals surface area contributed by atoms with Crippen molar-refractivity contribution in [3.8, 4) is 22.8 Å². The summed E-state index contributed by atoms with van der Waals surface area (Å²) in [6.45, 7) is 7.47. The third-order valence-electron chi connectivity index (χ3n) is 6.48. The lowest BCUT2D eigenvalue weighted by Gasteiger charge is -2.19. The van der Waals surface area contributed by atoms with Crippen molar-refractivity contribution in [1.82, 2.24) is 39.7 Å². The van der Waals surface area contributed by atoms with Crippen LogP contribution in [0.2, 0.25) is 0 Å². The number of amides is 1. The van der Waals surface area contributed by atoms with E-state index in [2.05, 4.69) is 35.9 Å². The molecule has 218 valence electrons. The minimum atomic E-state index is -4.70. The summed E-state index contributed by atoms with van der Waals surface area (Å²) < 4.78 is 50.1. The van der Waals surface area contributed by atoms with E-state index in [0.29, 0.717) is 28.4 Å². The number of ether oxygens (including phenoxy) is 1. The molecule has 0 saturated carbocycles. The third kappa shape index (κ3) is 5.79. The van der Waals surface area contributed by atoms with E-state index >= 15 is 0 Å². The monoisotopic (exact) mass is 579 g/mol. The molecule has 5 aromatic rings. The molecular formula is C28H28F3N9O2. The smallest absolute Gasteiger partial charge is 0.420 e. The fourth-order valence-corrected chi connectivity index (χ4v) is 4.41. The van der Waals surface area contributed by atoms with Gasteiger partial charge in [-0.1, -0.05) is 19.1 Å². The molecule has 11 nitrogen and oxygen atoms in total. The van der Waals surface area contributed by atoms with Crippen LogP contribution in [0.4, 0.5) is 18.9 Å². The van der Waals surface area contributed by atoms with Gasteiger partial charge in [0.25, 0.3) is 5.91 Å². The lowest BCUT2D eigenvalue weighted by Crippen LogP contribution is -2.23. The molecular weight excluding hydrogens is 551 g/mol. The first-order valence-corrected chi connectivity index (χ1v) is 13.0. The highest BCUT2D eigenvalue weighted by Gasteiger charge is 2.36. The maximum absolute atomic E-state index is 13.9. The van der Waals surface area contributed by atoms with Crippen molar-refractivity contribution >= 4 is 17.2 Å². The van der Waals surface area contributed by atoms with Crippen LogP contribution in [0.15, 0.2) is 49.2 Å². The molecule has 0 fully saturated rings. The number of halogens is 3. The van der Waals surface area contributed by atoms with E-state index < -0.39 is 17.6 Å². The number of carbonyl (C=O) groups excluding carboxylic acids is 1. The number of aromatic nitrogens is 7. The van der Waals surface area contributed by atoms with E-state index in [0.717, 1.165) is 11.8 Å². The molecule has 5 rings (SSSR count). The average molecular weight is 580 g/mol. The van der Waals surface area contributed by atoms with Gasteiger partial charge in [0.05, 0.1) is 59.6 Å². The molecule has 1 aromatic carbocycles. The van der Waals surface area contributed by atoms with Gasteiger partial charge < -0.3 is 15.4 Å². The normalized spacial score (nSPS) is 11.8. The Balaban J connectivity index is 1.45. The van der Waals surface area contributed by atoms with Crippen LogP contribution in [0, 0.1) is 13.8 Å². The van der Waals surface area contributed by atoms with E-state index in [1.807, 2.05) is 31.4 Å². The van der Waals surface area contributed by atoms with E-state index in [9.17, 15) is 18.0 Å². The topological polar surface area (TPSA) is 124 Å². The van der Waals surface area contributed by atoms with Gasteiger partial charge in [-0.05, 0) is 32.0 Å². The molecule has 4 heterocycles. The number of methoxy groups -OCH3 is 1. The molecule has 0 aliphatic heterocycles. The Morgan fingerprint density at radius 1 is 1.05 bits per heavy atom. The number of alkyl halides is 3. The predicted octanol–water partition coefficient (Wildman–Crippen LogP) is 4.77. The number of pyridine rings is 1. The number of fused-ring (bicyclic) bond motifs is 1. The molecule has 0 bridgehead atoms. The summed E-state index contributed by atoms with van der Waals surface area (Å²) in [6, 6.07) is 3.88. The van der Waals surface area contributed by atoms with Gasteiger partial charge in [-0.25, -0.2) is 9.67 Å². The summed E-state index contributed by atoms with van der Waals surface area (Å²) in [7, 11) is 1.18. The number of aryl methyl sites for hydroxylation is 2. The largest absolute Gasteiger partial charge is 0.496 e. The van der Waals surface area contributed by atoms with Gasteiger partial charge in [-0.15, -0.1) is 5.10 Å². The third-order valence-corrected chi connectivity index (χ3v) is 6.48. The van der Waals surface area contributed by atoms with E-state index in [1.165, 1.54) is 24.1 Å². The molecule has 0 spiro atoms. The van der Waals surface area contributed by atoms with E-state index in [-0.39, 0.29) is 35.2 Å². The Hall–Kier alpha value is -4.85. The van der Waals surface area contributed by atoms with Gasteiger partial charge in [-0.2, -0.15) is 13.2 Å². The molecule has 1 amide bonds. The fourth-order valence-electron chi connectivity index (χ4n) is 4.41. The zero-order valence-electron chi connectivity index (χ0n) is 23.5. The minimum Gasteiger partial charge on any atom is -0.496 e. The van der Waals surface area contributed by atoms with Crippen molar-refractivity contribution < 1.29 is 22.7 Å². The second kappa shape index (κ2) is 11.2. The molecule has 0 atom stereocenters. The van der Waals surface area contributed by atoms with Gasteiger partial charge in [-0.3, -0.25) is 19.2 Å². The first kappa shape index (κ1) is 28.7. The molecule has 4 aromatic heterocycles. The van der Waals surface area contributed by atoms with Gasteiger partial charge in [0.15, 0.2) is 5.65 Å². The van der Waals surface area contributed by atoms with Crippen molar-refractivity contribution in [3.05, 3.63) is 77.3 Å². The van der Waals surface area contributed by atoms with Crippen LogP contribution < -0.4 is 15.4 Å². The van der Waals surface area contributed by atoms with Crippen molar-refractivity contribution in [2.24, 2.45) is 0 Å². The standard InChI is InChI=1S/C28H28F3N9O2/c1-15(2)32-9-18-6-20(8-21(26(18)42-5)28(29,30)31)36-27(41)19-7-23(17(4)34-10-19)40-14-22(37-38-40)24-11-35-25-12-33-16(3)13-39(24)25/h6-8,10-15,32H,9H2,1-5H3,(H,36,41).